The zero-order valence-corrected chi connectivity index (χ0v) is 22.4. The molecule has 1 aliphatic carbocycles. The van der Waals surface area contributed by atoms with Crippen molar-refractivity contribution < 1.29 is 27.9 Å². The summed E-state index contributed by atoms with van der Waals surface area (Å²) in [6, 6.07) is 5.80. The molecule has 2 amide bonds. The smallest absolute Gasteiger partial charge is 0.321 e. The SMILES string of the molecule is CC(C)C(NS(=O)(=O)C1(CN2CCc3c(C(=O)NCc4ccc(Cl)cc4)nn(C)c3C2=O)CC1)C(=O)O. The minimum atomic E-state index is -4.01. The second-order valence-electron chi connectivity index (χ2n) is 9.95. The number of aryl methyl sites for hydroxylation is 1. The average Bonchev–Trinajstić information content (AvgIpc) is 3.55. The van der Waals surface area contributed by atoms with E-state index in [1.54, 1.807) is 45.2 Å². The van der Waals surface area contributed by atoms with Crippen LogP contribution in [0.15, 0.2) is 24.3 Å². The number of hydrogen-bond acceptors (Lipinski definition) is 6. The molecule has 1 fully saturated rings. The molecular weight excluding hydrogens is 522 g/mol. The summed E-state index contributed by atoms with van der Waals surface area (Å²) in [5, 5.41) is 17.1. The Morgan fingerprint density at radius 2 is 1.86 bits per heavy atom. The van der Waals surface area contributed by atoms with Gasteiger partial charge < -0.3 is 15.3 Å². The van der Waals surface area contributed by atoms with Crippen LogP contribution in [0.2, 0.25) is 5.02 Å². The lowest BCUT2D eigenvalue weighted by molar-refractivity contribution is -0.140. The first-order valence-electron chi connectivity index (χ1n) is 12.0. The number of aromatic nitrogens is 2. The van der Waals surface area contributed by atoms with Crippen molar-refractivity contribution in [3.63, 3.8) is 0 Å². The maximum absolute atomic E-state index is 13.4. The first kappa shape index (κ1) is 27.1. The van der Waals surface area contributed by atoms with E-state index in [1.165, 1.54) is 9.58 Å². The van der Waals surface area contributed by atoms with Gasteiger partial charge in [-0.2, -0.15) is 5.10 Å². The monoisotopic (exact) mass is 551 g/mol. The zero-order valence-electron chi connectivity index (χ0n) is 20.8. The van der Waals surface area contributed by atoms with Crippen molar-refractivity contribution in [2.45, 2.75) is 50.4 Å². The number of carboxylic acids is 1. The fraction of sp³-hybridized carbons (Fsp3) is 0.500. The molecule has 13 heteroatoms. The number of sulfonamides is 1. The molecule has 2 heterocycles. The summed E-state index contributed by atoms with van der Waals surface area (Å²) in [5.74, 6) is -2.51. The van der Waals surface area contributed by atoms with Crippen LogP contribution in [0, 0.1) is 5.92 Å². The van der Waals surface area contributed by atoms with Gasteiger partial charge in [-0.3, -0.25) is 19.1 Å². The molecule has 1 saturated carbocycles. The third-order valence-corrected chi connectivity index (χ3v) is 9.41. The van der Waals surface area contributed by atoms with E-state index in [9.17, 15) is 27.9 Å². The highest BCUT2D eigenvalue weighted by Crippen LogP contribution is 2.44. The Balaban J connectivity index is 1.48. The van der Waals surface area contributed by atoms with Crippen LogP contribution in [-0.2, 0) is 34.8 Å². The van der Waals surface area contributed by atoms with E-state index in [-0.39, 0.29) is 31.0 Å². The van der Waals surface area contributed by atoms with Gasteiger partial charge in [-0.15, -0.1) is 0 Å². The van der Waals surface area contributed by atoms with Crippen LogP contribution >= 0.6 is 11.6 Å². The van der Waals surface area contributed by atoms with E-state index in [2.05, 4.69) is 15.1 Å². The molecule has 1 aromatic heterocycles. The van der Waals surface area contributed by atoms with Gasteiger partial charge >= 0.3 is 5.97 Å². The van der Waals surface area contributed by atoms with Crippen LogP contribution in [0.5, 0.6) is 0 Å². The largest absolute Gasteiger partial charge is 0.480 e. The van der Waals surface area contributed by atoms with Crippen molar-refractivity contribution >= 4 is 39.4 Å². The van der Waals surface area contributed by atoms with Crippen LogP contribution in [0.3, 0.4) is 0 Å². The van der Waals surface area contributed by atoms with E-state index in [4.69, 9.17) is 11.6 Å². The van der Waals surface area contributed by atoms with Crippen LogP contribution in [0.4, 0.5) is 0 Å². The normalized spacial score (nSPS) is 17.4. The topological polar surface area (TPSA) is 151 Å². The molecule has 0 radical (unpaired) electrons. The van der Waals surface area contributed by atoms with Gasteiger partial charge in [0.1, 0.15) is 16.5 Å². The molecule has 1 unspecified atom stereocenters. The number of carboxylic acid groups (broad SMARTS) is 1. The molecule has 2 aliphatic rings. The van der Waals surface area contributed by atoms with Gasteiger partial charge in [-0.1, -0.05) is 37.6 Å². The van der Waals surface area contributed by atoms with Crippen molar-refractivity contribution in [2.24, 2.45) is 13.0 Å². The second-order valence-corrected chi connectivity index (χ2v) is 12.5. The Hall–Kier alpha value is -2.96. The number of halogens is 1. The third-order valence-electron chi connectivity index (χ3n) is 6.92. The molecule has 1 aliphatic heterocycles. The molecule has 0 spiro atoms. The molecule has 0 bridgehead atoms. The van der Waals surface area contributed by atoms with Crippen LogP contribution < -0.4 is 10.0 Å². The number of nitrogens with zero attached hydrogens (tertiary/aromatic N) is 3. The van der Waals surface area contributed by atoms with Crippen LogP contribution in [0.1, 0.15) is 58.8 Å². The maximum atomic E-state index is 13.4. The highest BCUT2D eigenvalue weighted by molar-refractivity contribution is 7.91. The highest BCUT2D eigenvalue weighted by Gasteiger charge is 2.57. The molecule has 0 saturated heterocycles. The molecule has 3 N–H and O–H groups in total. The van der Waals surface area contributed by atoms with Gasteiger partial charge in [0.05, 0.1) is 0 Å². The number of carbonyl (C=O) groups is 3. The first-order chi connectivity index (χ1) is 17.3. The molecule has 4 rings (SSSR count). The standard InChI is InChI=1S/C24H30ClN5O6S/c1-14(2)18(23(33)34)28-37(35,36)24(9-10-24)13-30-11-8-17-19(27-29(3)20(17)22(30)32)21(31)26-12-15-4-6-16(25)7-5-15/h4-7,14,18,28H,8-13H2,1-3H3,(H,26,31)(H,33,34). The number of aliphatic carboxylic acids is 1. The van der Waals surface area contributed by atoms with Crippen LogP contribution in [-0.4, -0.2) is 69.9 Å². The fourth-order valence-corrected chi connectivity index (χ4v) is 6.58. The van der Waals surface area contributed by atoms with Gasteiger partial charge in [-0.25, -0.2) is 13.1 Å². The maximum Gasteiger partial charge on any atom is 0.321 e. The number of carbonyl (C=O) groups excluding carboxylic acids is 2. The first-order valence-corrected chi connectivity index (χ1v) is 13.8. The quantitative estimate of drug-likeness (QED) is 0.405. The number of hydrogen-bond donors (Lipinski definition) is 3. The van der Waals surface area contributed by atoms with Crippen molar-refractivity contribution in [2.75, 3.05) is 13.1 Å². The Bertz CT molecular complexity index is 1330. The Morgan fingerprint density at radius 3 is 2.43 bits per heavy atom. The molecule has 37 heavy (non-hydrogen) atoms. The summed E-state index contributed by atoms with van der Waals surface area (Å²) in [7, 11) is -2.44. The molecule has 2 aromatic rings. The Kier molecular flexibility index (Phi) is 7.37. The van der Waals surface area contributed by atoms with E-state index >= 15 is 0 Å². The Morgan fingerprint density at radius 1 is 1.22 bits per heavy atom. The molecule has 200 valence electrons. The number of fused-ring (bicyclic) bond motifs is 1. The van der Waals surface area contributed by atoms with Crippen molar-refractivity contribution in [3.8, 4) is 0 Å². The molecular formula is C24H30ClN5O6S. The predicted molar refractivity (Wildman–Crippen MR) is 136 cm³/mol. The lowest BCUT2D eigenvalue weighted by Gasteiger charge is -2.31. The van der Waals surface area contributed by atoms with E-state index in [0.29, 0.717) is 29.8 Å². The molecule has 1 aromatic carbocycles. The minimum absolute atomic E-state index is 0.0612. The van der Waals surface area contributed by atoms with E-state index < -0.39 is 44.5 Å². The van der Waals surface area contributed by atoms with E-state index in [0.717, 1.165) is 5.56 Å². The van der Waals surface area contributed by atoms with Crippen molar-refractivity contribution in [1.82, 2.24) is 24.7 Å². The third kappa shape index (κ3) is 5.36. The van der Waals surface area contributed by atoms with Gasteiger partial charge in [0.25, 0.3) is 11.8 Å². The average molecular weight is 552 g/mol. The summed E-state index contributed by atoms with van der Waals surface area (Å²) in [6.45, 7) is 3.68. The van der Waals surface area contributed by atoms with E-state index in [1.807, 2.05) is 0 Å². The molecule has 1 atom stereocenters. The summed E-state index contributed by atoms with van der Waals surface area (Å²) in [6.07, 6.45) is 0.992. The lowest BCUT2D eigenvalue weighted by Crippen LogP contribution is -2.53. The lowest BCUT2D eigenvalue weighted by atomic mass is 10.0. The summed E-state index contributed by atoms with van der Waals surface area (Å²) >= 11 is 5.90. The number of nitrogens with one attached hydrogen (secondary N) is 2. The number of rotatable bonds is 10. The van der Waals surface area contributed by atoms with Crippen molar-refractivity contribution in [3.05, 3.63) is 51.8 Å². The fourth-order valence-electron chi connectivity index (χ4n) is 4.53. The summed E-state index contributed by atoms with van der Waals surface area (Å²) < 4.78 is 28.7. The second kappa shape index (κ2) is 10.1. The number of amides is 2. The van der Waals surface area contributed by atoms with Gasteiger partial charge in [0, 0.05) is 37.3 Å². The van der Waals surface area contributed by atoms with Crippen LogP contribution in [0.25, 0.3) is 0 Å². The van der Waals surface area contributed by atoms with Gasteiger partial charge in [0.2, 0.25) is 10.0 Å². The summed E-state index contributed by atoms with van der Waals surface area (Å²) in [5.41, 5.74) is 1.79. The minimum Gasteiger partial charge on any atom is -0.480 e. The van der Waals surface area contributed by atoms with Gasteiger partial charge in [-0.05, 0) is 42.9 Å². The summed E-state index contributed by atoms with van der Waals surface area (Å²) in [4.78, 5) is 39.2. The predicted octanol–water partition coefficient (Wildman–Crippen LogP) is 1.56. The molecule has 11 nitrogen and oxygen atoms in total. The Labute approximate surface area is 220 Å². The van der Waals surface area contributed by atoms with Crippen molar-refractivity contribution in [1.29, 1.82) is 0 Å². The zero-order chi connectivity index (χ0) is 27.1. The highest BCUT2D eigenvalue weighted by atomic mass is 35.5. The van der Waals surface area contributed by atoms with Gasteiger partial charge in [0.15, 0.2) is 5.69 Å². The number of benzene rings is 1.